The summed E-state index contributed by atoms with van der Waals surface area (Å²) < 4.78 is 1.67. The second kappa shape index (κ2) is 7.44. The van der Waals surface area contributed by atoms with Crippen molar-refractivity contribution in [2.24, 2.45) is 5.73 Å². The lowest BCUT2D eigenvalue weighted by molar-refractivity contribution is 0.193. The summed E-state index contributed by atoms with van der Waals surface area (Å²) in [6.45, 7) is 2.66. The number of nitrogens with zero attached hydrogens (tertiary/aromatic N) is 1. The SMILES string of the molecule is CC(c1ccccc1Cl)N(C)C(CN)c1cc(Br)c(Cl)s1. The van der Waals surface area contributed by atoms with E-state index < -0.39 is 0 Å². The smallest absolute Gasteiger partial charge is 0.107 e. The number of halogens is 3. The Kier molecular flexibility index (Phi) is 6.12. The van der Waals surface area contributed by atoms with Crippen LogP contribution in [0.2, 0.25) is 9.36 Å². The maximum Gasteiger partial charge on any atom is 0.107 e. The molecule has 2 atom stereocenters. The molecule has 0 bridgehead atoms. The van der Waals surface area contributed by atoms with Crippen LogP contribution in [0.4, 0.5) is 0 Å². The van der Waals surface area contributed by atoms with Gasteiger partial charge in [-0.05, 0) is 47.6 Å². The molecule has 2 nitrogen and oxygen atoms in total. The van der Waals surface area contributed by atoms with Gasteiger partial charge < -0.3 is 5.73 Å². The van der Waals surface area contributed by atoms with Crippen LogP contribution in [0.1, 0.15) is 29.4 Å². The third kappa shape index (κ3) is 3.81. The topological polar surface area (TPSA) is 29.3 Å². The van der Waals surface area contributed by atoms with Gasteiger partial charge in [-0.1, -0.05) is 41.4 Å². The molecule has 21 heavy (non-hydrogen) atoms. The van der Waals surface area contributed by atoms with Crippen LogP contribution >= 0.6 is 50.5 Å². The largest absolute Gasteiger partial charge is 0.329 e. The van der Waals surface area contributed by atoms with Gasteiger partial charge in [-0.15, -0.1) is 11.3 Å². The lowest BCUT2D eigenvalue weighted by Gasteiger charge is -2.32. The minimum Gasteiger partial charge on any atom is -0.329 e. The van der Waals surface area contributed by atoms with Crippen molar-refractivity contribution in [1.29, 1.82) is 0 Å². The molecule has 0 fully saturated rings. The first-order chi connectivity index (χ1) is 9.95. The van der Waals surface area contributed by atoms with Crippen molar-refractivity contribution < 1.29 is 0 Å². The van der Waals surface area contributed by atoms with E-state index in [0.717, 1.165) is 24.3 Å². The summed E-state index contributed by atoms with van der Waals surface area (Å²) in [4.78, 5) is 3.38. The summed E-state index contributed by atoms with van der Waals surface area (Å²) in [7, 11) is 2.06. The highest BCUT2D eigenvalue weighted by Crippen LogP contribution is 2.39. The standard InChI is InChI=1S/C15H17BrCl2N2S/c1-9(10-5-3-4-6-12(10)17)20(2)13(8-19)14-7-11(16)15(18)21-14/h3-7,9,13H,8,19H2,1-2H3. The molecule has 0 saturated carbocycles. The van der Waals surface area contributed by atoms with E-state index in [-0.39, 0.29) is 12.1 Å². The van der Waals surface area contributed by atoms with Crippen LogP contribution < -0.4 is 5.73 Å². The van der Waals surface area contributed by atoms with E-state index in [2.05, 4.69) is 34.8 Å². The molecular weight excluding hydrogens is 391 g/mol. The molecule has 0 aliphatic carbocycles. The molecule has 0 radical (unpaired) electrons. The van der Waals surface area contributed by atoms with Gasteiger partial charge in [0.25, 0.3) is 0 Å². The molecule has 1 aromatic heterocycles. The van der Waals surface area contributed by atoms with E-state index >= 15 is 0 Å². The van der Waals surface area contributed by atoms with Crippen molar-refractivity contribution >= 4 is 50.5 Å². The Labute approximate surface area is 148 Å². The number of hydrogen-bond donors (Lipinski definition) is 1. The minimum absolute atomic E-state index is 0.102. The second-order valence-corrected chi connectivity index (χ2v) is 7.83. The highest BCUT2D eigenvalue weighted by Gasteiger charge is 2.24. The van der Waals surface area contributed by atoms with E-state index in [9.17, 15) is 0 Å². The molecule has 0 spiro atoms. The van der Waals surface area contributed by atoms with Crippen molar-refractivity contribution in [2.45, 2.75) is 19.0 Å². The van der Waals surface area contributed by atoms with Crippen LogP contribution in [0.15, 0.2) is 34.8 Å². The van der Waals surface area contributed by atoms with E-state index in [0.29, 0.717) is 6.54 Å². The molecule has 0 saturated heterocycles. The second-order valence-electron chi connectivity index (χ2n) is 4.88. The van der Waals surface area contributed by atoms with E-state index in [1.165, 1.54) is 0 Å². The Balaban J connectivity index is 2.28. The van der Waals surface area contributed by atoms with Gasteiger partial charge in [0.1, 0.15) is 4.34 Å². The van der Waals surface area contributed by atoms with Gasteiger partial charge in [-0.25, -0.2) is 0 Å². The lowest BCUT2D eigenvalue weighted by Crippen LogP contribution is -2.32. The molecule has 1 aromatic carbocycles. The third-order valence-corrected chi connectivity index (χ3v) is 6.59. The minimum atomic E-state index is 0.102. The van der Waals surface area contributed by atoms with Crippen LogP contribution in [-0.2, 0) is 0 Å². The first-order valence-corrected chi connectivity index (χ1v) is 8.93. The van der Waals surface area contributed by atoms with Crippen molar-refractivity contribution in [3.63, 3.8) is 0 Å². The molecular formula is C15H17BrCl2N2S. The Morgan fingerprint density at radius 3 is 2.52 bits per heavy atom. The Morgan fingerprint density at radius 2 is 2.00 bits per heavy atom. The average molecular weight is 408 g/mol. The van der Waals surface area contributed by atoms with Crippen LogP contribution in [0, 0.1) is 0 Å². The van der Waals surface area contributed by atoms with Crippen LogP contribution in [0.5, 0.6) is 0 Å². The molecule has 2 aromatic rings. The molecule has 2 rings (SSSR count). The van der Waals surface area contributed by atoms with Crippen LogP contribution in [0.3, 0.4) is 0 Å². The van der Waals surface area contributed by atoms with E-state index in [4.69, 9.17) is 28.9 Å². The van der Waals surface area contributed by atoms with Crippen molar-refractivity contribution in [3.05, 3.63) is 54.6 Å². The molecule has 2 N–H and O–H groups in total. The maximum absolute atomic E-state index is 6.30. The lowest BCUT2D eigenvalue weighted by atomic mass is 10.0. The van der Waals surface area contributed by atoms with Gasteiger partial charge >= 0.3 is 0 Å². The summed E-state index contributed by atoms with van der Waals surface area (Å²) in [5.41, 5.74) is 7.09. The maximum atomic E-state index is 6.30. The first kappa shape index (κ1) is 17.3. The average Bonchev–Trinajstić information content (AvgIpc) is 2.79. The summed E-state index contributed by atoms with van der Waals surface area (Å²) in [5.74, 6) is 0. The number of rotatable bonds is 5. The first-order valence-electron chi connectivity index (χ1n) is 6.56. The van der Waals surface area contributed by atoms with Gasteiger partial charge in [-0.3, -0.25) is 4.90 Å². The van der Waals surface area contributed by atoms with Crippen molar-refractivity contribution in [3.8, 4) is 0 Å². The monoisotopic (exact) mass is 406 g/mol. The van der Waals surface area contributed by atoms with E-state index in [1.54, 1.807) is 11.3 Å². The highest BCUT2D eigenvalue weighted by molar-refractivity contribution is 9.10. The zero-order valence-corrected chi connectivity index (χ0v) is 15.7. The highest BCUT2D eigenvalue weighted by atomic mass is 79.9. The summed E-state index contributed by atoms with van der Waals surface area (Å²) in [6.07, 6.45) is 0. The summed E-state index contributed by atoms with van der Waals surface area (Å²) in [5, 5.41) is 0.776. The molecule has 0 aliphatic rings. The van der Waals surface area contributed by atoms with Crippen LogP contribution in [-0.4, -0.2) is 18.5 Å². The van der Waals surface area contributed by atoms with Crippen LogP contribution in [0.25, 0.3) is 0 Å². The molecule has 0 aliphatic heterocycles. The molecule has 2 unspecified atom stereocenters. The quantitative estimate of drug-likeness (QED) is 0.707. The predicted molar refractivity (Wildman–Crippen MR) is 96.5 cm³/mol. The third-order valence-electron chi connectivity index (χ3n) is 3.67. The molecule has 1 heterocycles. The number of nitrogens with two attached hydrogens (primary N) is 1. The number of thiophene rings is 1. The predicted octanol–water partition coefficient (Wildman–Crippen LogP) is 5.51. The fraction of sp³-hybridized carbons (Fsp3) is 0.333. The fourth-order valence-corrected chi connectivity index (χ4v) is 4.51. The Bertz CT molecular complexity index is 598. The Morgan fingerprint density at radius 1 is 1.33 bits per heavy atom. The van der Waals surface area contributed by atoms with Crippen molar-refractivity contribution in [2.75, 3.05) is 13.6 Å². The van der Waals surface area contributed by atoms with Gasteiger partial charge in [-0.2, -0.15) is 0 Å². The van der Waals surface area contributed by atoms with Gasteiger partial charge in [0.2, 0.25) is 0 Å². The molecule has 6 heteroatoms. The molecule has 114 valence electrons. The molecule has 0 amide bonds. The Hall–Kier alpha value is -0.100. The van der Waals surface area contributed by atoms with E-state index in [1.807, 2.05) is 30.3 Å². The van der Waals surface area contributed by atoms with Gasteiger partial charge in [0, 0.05) is 27.0 Å². The zero-order valence-electron chi connectivity index (χ0n) is 11.8. The summed E-state index contributed by atoms with van der Waals surface area (Å²) in [6, 6.07) is 10.2. The number of likely N-dealkylation sites (N-methyl/N-ethyl adjacent to an activating group) is 1. The summed E-state index contributed by atoms with van der Waals surface area (Å²) >= 11 is 17.5. The van der Waals surface area contributed by atoms with Gasteiger partial charge in [0.15, 0.2) is 0 Å². The fourth-order valence-electron chi connectivity index (χ4n) is 2.31. The van der Waals surface area contributed by atoms with Gasteiger partial charge in [0.05, 0.1) is 6.04 Å². The normalized spacial score (nSPS) is 14.4. The number of hydrogen-bond acceptors (Lipinski definition) is 3. The van der Waals surface area contributed by atoms with Crippen molar-refractivity contribution in [1.82, 2.24) is 4.90 Å². The zero-order chi connectivity index (χ0) is 15.6. The number of benzene rings is 1.